The molecule has 2 saturated carbocycles. The molecule has 4 aliphatic rings. The first-order chi connectivity index (χ1) is 15.1. The Kier molecular flexibility index (Phi) is 5.50. The summed E-state index contributed by atoms with van der Waals surface area (Å²) in [5, 5.41) is 12.3. The molecule has 5 rings (SSSR count). The fourth-order valence-corrected chi connectivity index (χ4v) is 5.55. The normalized spacial score (nSPS) is 29.1. The molecule has 7 nitrogen and oxygen atoms in total. The molecular weight excluding hydrogens is 388 g/mol. The highest BCUT2D eigenvalue weighted by Gasteiger charge is 2.47. The number of fused-ring (bicyclic) bond motifs is 3. The molecule has 1 saturated heterocycles. The lowest BCUT2D eigenvalue weighted by molar-refractivity contribution is -0.128. The van der Waals surface area contributed by atoms with Crippen LogP contribution >= 0.6 is 0 Å². The molecule has 1 amide bonds. The van der Waals surface area contributed by atoms with Crippen LogP contribution in [0.3, 0.4) is 0 Å². The summed E-state index contributed by atoms with van der Waals surface area (Å²) in [6.07, 6.45) is 8.55. The van der Waals surface area contributed by atoms with Gasteiger partial charge in [0.05, 0.1) is 12.1 Å². The SMILES string of the molecule is CN1C(=O)C(C(=NCC2CCCC2)Nc2ccccc2)CC(=N)N2C1=NC1CCCC12. The van der Waals surface area contributed by atoms with Crippen molar-refractivity contribution in [2.24, 2.45) is 21.8 Å². The Morgan fingerprint density at radius 3 is 2.71 bits per heavy atom. The first-order valence-corrected chi connectivity index (χ1v) is 11.7. The van der Waals surface area contributed by atoms with Crippen molar-refractivity contribution in [3.63, 3.8) is 0 Å². The molecule has 3 unspecified atom stereocenters. The number of aliphatic imine (C=N–C) groups is 2. The number of nitrogens with one attached hydrogen (secondary N) is 2. The fourth-order valence-electron chi connectivity index (χ4n) is 5.55. The number of nitrogens with zero attached hydrogens (tertiary/aromatic N) is 4. The minimum atomic E-state index is -0.493. The van der Waals surface area contributed by atoms with E-state index in [0.717, 1.165) is 31.5 Å². The maximum Gasteiger partial charge on any atom is 0.240 e. The second kappa shape index (κ2) is 8.44. The Labute approximate surface area is 184 Å². The lowest BCUT2D eigenvalue weighted by Gasteiger charge is -2.27. The molecule has 0 radical (unpaired) electrons. The quantitative estimate of drug-likeness (QED) is 0.575. The molecule has 2 aliphatic heterocycles. The highest BCUT2D eigenvalue weighted by Crippen LogP contribution is 2.36. The Balaban J connectivity index is 1.45. The maximum atomic E-state index is 13.6. The zero-order chi connectivity index (χ0) is 21.4. The second-order valence-electron chi connectivity index (χ2n) is 9.33. The molecule has 7 heteroatoms. The average molecular weight is 421 g/mol. The van der Waals surface area contributed by atoms with E-state index in [9.17, 15) is 4.79 Å². The van der Waals surface area contributed by atoms with E-state index in [2.05, 4.69) is 5.32 Å². The van der Waals surface area contributed by atoms with Gasteiger partial charge >= 0.3 is 0 Å². The average Bonchev–Trinajstić information content (AvgIpc) is 3.51. The Bertz CT molecular complexity index is 904. The first kappa shape index (κ1) is 20.2. The van der Waals surface area contributed by atoms with Gasteiger partial charge in [-0.25, -0.2) is 4.99 Å². The number of carbonyl (C=O) groups is 1. The zero-order valence-electron chi connectivity index (χ0n) is 18.3. The number of benzene rings is 1. The van der Waals surface area contributed by atoms with Crippen molar-refractivity contribution in [3.05, 3.63) is 30.3 Å². The van der Waals surface area contributed by atoms with E-state index in [1.807, 2.05) is 35.2 Å². The number of rotatable bonds is 4. The van der Waals surface area contributed by atoms with Crippen LogP contribution in [0.1, 0.15) is 51.4 Å². The molecule has 2 heterocycles. The Morgan fingerprint density at radius 1 is 1.16 bits per heavy atom. The predicted octanol–water partition coefficient (Wildman–Crippen LogP) is 3.74. The van der Waals surface area contributed by atoms with Crippen LogP contribution in [0, 0.1) is 17.2 Å². The minimum absolute atomic E-state index is 0.0282. The zero-order valence-corrected chi connectivity index (χ0v) is 18.3. The molecule has 0 aromatic heterocycles. The molecule has 1 aromatic carbocycles. The number of hydrogen-bond acceptors (Lipinski definition) is 4. The number of hydrogen-bond donors (Lipinski definition) is 2. The van der Waals surface area contributed by atoms with Gasteiger partial charge in [0.25, 0.3) is 0 Å². The van der Waals surface area contributed by atoms with Gasteiger partial charge in [0.1, 0.15) is 17.6 Å². The van der Waals surface area contributed by atoms with E-state index in [0.29, 0.717) is 30.0 Å². The van der Waals surface area contributed by atoms with Gasteiger partial charge in [0, 0.05) is 25.7 Å². The highest BCUT2D eigenvalue weighted by molar-refractivity contribution is 6.19. The molecule has 164 valence electrons. The summed E-state index contributed by atoms with van der Waals surface area (Å²) < 4.78 is 0. The molecular formula is C24H32N6O. The van der Waals surface area contributed by atoms with Crippen molar-refractivity contribution < 1.29 is 4.79 Å². The van der Waals surface area contributed by atoms with Gasteiger partial charge in [-0.1, -0.05) is 31.0 Å². The summed E-state index contributed by atoms with van der Waals surface area (Å²) in [5.74, 6) is 1.90. The monoisotopic (exact) mass is 420 g/mol. The lowest BCUT2D eigenvalue weighted by Crippen LogP contribution is -2.47. The number of anilines is 1. The number of para-hydroxylation sites is 1. The Morgan fingerprint density at radius 2 is 1.94 bits per heavy atom. The maximum absolute atomic E-state index is 13.6. The van der Waals surface area contributed by atoms with Gasteiger partial charge in [-0.2, -0.15) is 0 Å². The van der Waals surface area contributed by atoms with Crippen LogP contribution in [0.4, 0.5) is 5.69 Å². The number of amidine groups is 2. The van der Waals surface area contributed by atoms with Crippen LogP contribution in [0.2, 0.25) is 0 Å². The van der Waals surface area contributed by atoms with Gasteiger partial charge in [-0.3, -0.25) is 25.0 Å². The smallest absolute Gasteiger partial charge is 0.240 e. The van der Waals surface area contributed by atoms with Gasteiger partial charge in [0.15, 0.2) is 0 Å². The van der Waals surface area contributed by atoms with E-state index < -0.39 is 5.92 Å². The van der Waals surface area contributed by atoms with E-state index in [1.165, 1.54) is 25.7 Å². The van der Waals surface area contributed by atoms with Gasteiger partial charge < -0.3 is 5.32 Å². The van der Waals surface area contributed by atoms with Crippen molar-refractivity contribution in [2.75, 3.05) is 18.9 Å². The molecule has 3 fully saturated rings. The van der Waals surface area contributed by atoms with Crippen molar-refractivity contribution >= 4 is 29.2 Å². The van der Waals surface area contributed by atoms with E-state index in [4.69, 9.17) is 15.4 Å². The van der Waals surface area contributed by atoms with E-state index in [1.54, 1.807) is 11.9 Å². The van der Waals surface area contributed by atoms with Crippen molar-refractivity contribution in [2.45, 2.75) is 63.5 Å². The van der Waals surface area contributed by atoms with Crippen LogP contribution in [0.25, 0.3) is 0 Å². The molecule has 2 aliphatic carbocycles. The molecule has 31 heavy (non-hydrogen) atoms. The molecule has 2 N–H and O–H groups in total. The first-order valence-electron chi connectivity index (χ1n) is 11.7. The van der Waals surface area contributed by atoms with Gasteiger partial charge in [-0.15, -0.1) is 0 Å². The van der Waals surface area contributed by atoms with Crippen molar-refractivity contribution in [3.8, 4) is 0 Å². The highest BCUT2D eigenvalue weighted by atomic mass is 16.2. The third kappa shape index (κ3) is 3.86. The van der Waals surface area contributed by atoms with Crippen LogP contribution in [-0.2, 0) is 4.79 Å². The fraction of sp³-hybridized carbons (Fsp3) is 0.583. The summed E-state index contributed by atoms with van der Waals surface area (Å²) in [6.45, 7) is 0.741. The van der Waals surface area contributed by atoms with Gasteiger partial charge in [-0.05, 0) is 50.2 Å². The second-order valence-corrected chi connectivity index (χ2v) is 9.33. The topological polar surface area (TPSA) is 84.2 Å². The molecule has 0 bridgehead atoms. The molecule has 3 atom stereocenters. The third-order valence-electron chi connectivity index (χ3n) is 7.26. The van der Waals surface area contributed by atoms with Crippen molar-refractivity contribution in [1.29, 1.82) is 5.41 Å². The number of guanidine groups is 1. The van der Waals surface area contributed by atoms with Gasteiger partial charge in [0.2, 0.25) is 11.9 Å². The summed E-state index contributed by atoms with van der Waals surface area (Å²) in [7, 11) is 1.80. The van der Waals surface area contributed by atoms with E-state index in [-0.39, 0.29) is 18.0 Å². The van der Waals surface area contributed by atoms with Crippen LogP contribution in [0.5, 0.6) is 0 Å². The van der Waals surface area contributed by atoms with Crippen molar-refractivity contribution in [1.82, 2.24) is 9.80 Å². The summed E-state index contributed by atoms with van der Waals surface area (Å²) in [6, 6.07) is 10.4. The van der Waals surface area contributed by atoms with Crippen LogP contribution in [0.15, 0.2) is 40.3 Å². The summed E-state index contributed by atoms with van der Waals surface area (Å²) >= 11 is 0. The Hall–Kier alpha value is -2.70. The van der Waals surface area contributed by atoms with Crippen LogP contribution in [-0.4, -0.2) is 59.0 Å². The standard InChI is InChI=1S/C24H32N6O/c1-29-23(31)18(14-21(25)30-20-13-7-12-19(20)28-24(29)30)22(26-15-16-8-5-6-9-16)27-17-10-3-2-4-11-17/h2-4,10-11,16,18-20,25H,5-9,12-15H2,1H3,(H,26,27). The number of amides is 1. The summed E-state index contributed by atoms with van der Waals surface area (Å²) in [4.78, 5) is 27.1. The van der Waals surface area contributed by atoms with E-state index >= 15 is 0 Å². The summed E-state index contributed by atoms with van der Waals surface area (Å²) in [5.41, 5.74) is 0.924. The minimum Gasteiger partial charge on any atom is -0.343 e. The predicted molar refractivity (Wildman–Crippen MR) is 124 cm³/mol. The number of carbonyl (C=O) groups excluding carboxylic acids is 1. The molecule has 0 spiro atoms. The largest absolute Gasteiger partial charge is 0.343 e. The molecule has 1 aromatic rings. The lowest BCUT2D eigenvalue weighted by atomic mass is 10.00. The van der Waals surface area contributed by atoms with Crippen LogP contribution < -0.4 is 5.32 Å². The third-order valence-corrected chi connectivity index (χ3v) is 7.26.